The Labute approximate surface area is 116 Å². The van der Waals surface area contributed by atoms with Crippen molar-refractivity contribution < 1.29 is 27.8 Å². The quantitative estimate of drug-likeness (QED) is 0.852. The van der Waals surface area contributed by atoms with Gasteiger partial charge in [-0.1, -0.05) is 12.1 Å². The number of carboxylic acids is 1. The first-order valence-electron chi connectivity index (χ1n) is 5.94. The Morgan fingerprint density at radius 2 is 2.15 bits per heavy atom. The van der Waals surface area contributed by atoms with E-state index in [1.807, 2.05) is 0 Å². The topological polar surface area (TPSA) is 93.1 Å². The average molecular weight is 301 g/mol. The summed E-state index contributed by atoms with van der Waals surface area (Å²) in [4.78, 5) is 10.9. The lowest BCUT2D eigenvalue weighted by atomic mass is 10.3. The molecule has 1 heterocycles. The van der Waals surface area contributed by atoms with Gasteiger partial charge >= 0.3 is 5.97 Å². The Morgan fingerprint density at radius 1 is 1.45 bits per heavy atom. The van der Waals surface area contributed by atoms with Crippen LogP contribution in [0.4, 0.5) is 0 Å². The number of carbonyl (C=O) groups is 1. The molecule has 0 aliphatic carbocycles. The maximum absolute atomic E-state index is 12.5. The lowest BCUT2D eigenvalue weighted by Crippen LogP contribution is -2.48. The van der Waals surface area contributed by atoms with Gasteiger partial charge in [0.05, 0.1) is 20.3 Å². The van der Waals surface area contributed by atoms with Crippen LogP contribution in [0.15, 0.2) is 29.2 Å². The summed E-state index contributed by atoms with van der Waals surface area (Å²) in [5.74, 6) is -0.948. The SMILES string of the molecule is COc1ccccc1S(=O)(=O)N1CCOC(C(=O)O)C1. The number of methoxy groups -OCH3 is 1. The number of carboxylic acid groups (broad SMARTS) is 1. The highest BCUT2D eigenvalue weighted by Crippen LogP contribution is 2.27. The number of nitrogens with zero attached hydrogens (tertiary/aromatic N) is 1. The van der Waals surface area contributed by atoms with Gasteiger partial charge in [0.1, 0.15) is 10.6 Å². The molecule has 1 aliphatic rings. The molecule has 1 saturated heterocycles. The fraction of sp³-hybridized carbons (Fsp3) is 0.417. The third-order valence-corrected chi connectivity index (χ3v) is 4.90. The van der Waals surface area contributed by atoms with Crippen LogP contribution in [0.3, 0.4) is 0 Å². The molecule has 0 bridgehead atoms. The monoisotopic (exact) mass is 301 g/mol. The van der Waals surface area contributed by atoms with E-state index in [1.165, 1.54) is 13.2 Å². The van der Waals surface area contributed by atoms with Crippen LogP contribution in [0, 0.1) is 0 Å². The number of hydrogen-bond acceptors (Lipinski definition) is 5. The molecule has 8 heteroatoms. The lowest BCUT2D eigenvalue weighted by Gasteiger charge is -2.30. The minimum Gasteiger partial charge on any atom is -0.495 e. The molecule has 20 heavy (non-hydrogen) atoms. The molecule has 1 atom stereocenters. The highest BCUT2D eigenvalue weighted by Gasteiger charge is 2.35. The summed E-state index contributed by atoms with van der Waals surface area (Å²) in [6, 6.07) is 6.23. The summed E-state index contributed by atoms with van der Waals surface area (Å²) in [6.45, 7) is -0.0504. The molecule has 0 saturated carbocycles. The van der Waals surface area contributed by atoms with Gasteiger partial charge < -0.3 is 14.6 Å². The van der Waals surface area contributed by atoms with E-state index in [-0.39, 0.29) is 30.3 Å². The molecule has 7 nitrogen and oxygen atoms in total. The van der Waals surface area contributed by atoms with Crippen LogP contribution in [0.25, 0.3) is 0 Å². The van der Waals surface area contributed by atoms with Crippen molar-refractivity contribution in [3.05, 3.63) is 24.3 Å². The number of ether oxygens (including phenoxy) is 2. The summed E-state index contributed by atoms with van der Waals surface area (Å²) < 4.78 is 36.2. The molecule has 1 aliphatic heterocycles. The Balaban J connectivity index is 2.32. The van der Waals surface area contributed by atoms with Gasteiger partial charge in [-0.15, -0.1) is 0 Å². The molecular weight excluding hydrogens is 286 g/mol. The number of sulfonamides is 1. The standard InChI is InChI=1S/C12H15NO6S/c1-18-9-4-2-3-5-11(9)20(16,17)13-6-7-19-10(8-13)12(14)15/h2-5,10H,6-8H2,1H3,(H,14,15). The normalized spacial score (nSPS) is 20.6. The second kappa shape index (κ2) is 5.78. The zero-order valence-electron chi connectivity index (χ0n) is 10.9. The lowest BCUT2D eigenvalue weighted by molar-refractivity contribution is -0.153. The molecule has 0 radical (unpaired) electrons. The van der Waals surface area contributed by atoms with Gasteiger partial charge in [-0.2, -0.15) is 4.31 Å². The smallest absolute Gasteiger partial charge is 0.334 e. The molecule has 1 aromatic carbocycles. The summed E-state index contributed by atoms with van der Waals surface area (Å²) in [5.41, 5.74) is 0. The van der Waals surface area contributed by atoms with Gasteiger partial charge in [-0.3, -0.25) is 0 Å². The Hall–Kier alpha value is -1.64. The predicted molar refractivity (Wildman–Crippen MR) is 69.1 cm³/mol. The zero-order valence-corrected chi connectivity index (χ0v) is 11.7. The van der Waals surface area contributed by atoms with Crippen molar-refractivity contribution in [2.24, 2.45) is 0 Å². The fourth-order valence-corrected chi connectivity index (χ4v) is 3.55. The zero-order chi connectivity index (χ0) is 14.8. The van der Waals surface area contributed by atoms with Gasteiger partial charge in [-0.05, 0) is 12.1 Å². The maximum Gasteiger partial charge on any atom is 0.334 e. The molecule has 1 fully saturated rings. The van der Waals surface area contributed by atoms with E-state index in [9.17, 15) is 13.2 Å². The van der Waals surface area contributed by atoms with Crippen LogP contribution in [0.2, 0.25) is 0 Å². The number of benzene rings is 1. The number of aliphatic carboxylic acids is 1. The third-order valence-electron chi connectivity index (χ3n) is 2.99. The Bertz CT molecular complexity index is 600. The number of hydrogen-bond donors (Lipinski definition) is 1. The molecule has 1 unspecified atom stereocenters. The van der Waals surface area contributed by atoms with Crippen molar-refractivity contribution >= 4 is 16.0 Å². The van der Waals surface area contributed by atoms with Gasteiger partial charge in [0.15, 0.2) is 6.10 Å². The van der Waals surface area contributed by atoms with Crippen molar-refractivity contribution in [1.29, 1.82) is 0 Å². The summed E-state index contributed by atoms with van der Waals surface area (Å²) in [6.07, 6.45) is -1.15. The number of rotatable bonds is 4. The van der Waals surface area contributed by atoms with Gasteiger partial charge in [0.2, 0.25) is 10.0 Å². The van der Waals surface area contributed by atoms with Crippen LogP contribution in [-0.4, -0.2) is 56.7 Å². The molecular formula is C12H15NO6S. The van der Waals surface area contributed by atoms with E-state index < -0.39 is 22.1 Å². The second-order valence-electron chi connectivity index (χ2n) is 4.21. The first-order valence-corrected chi connectivity index (χ1v) is 7.38. The van der Waals surface area contributed by atoms with Crippen molar-refractivity contribution in [3.8, 4) is 5.75 Å². The van der Waals surface area contributed by atoms with E-state index in [4.69, 9.17) is 14.6 Å². The third kappa shape index (κ3) is 2.77. The molecule has 0 amide bonds. The molecule has 0 aromatic heterocycles. The second-order valence-corrected chi connectivity index (χ2v) is 6.12. The van der Waals surface area contributed by atoms with Crippen molar-refractivity contribution in [3.63, 3.8) is 0 Å². The predicted octanol–water partition coefficient (Wildman–Crippen LogP) is 0.169. The highest BCUT2D eigenvalue weighted by molar-refractivity contribution is 7.89. The van der Waals surface area contributed by atoms with E-state index in [1.54, 1.807) is 18.2 Å². The van der Waals surface area contributed by atoms with Gasteiger partial charge in [-0.25, -0.2) is 13.2 Å². The molecule has 0 spiro atoms. The molecule has 2 rings (SSSR count). The first-order chi connectivity index (χ1) is 9.46. The van der Waals surface area contributed by atoms with Crippen LogP contribution >= 0.6 is 0 Å². The summed E-state index contributed by atoms with van der Waals surface area (Å²) in [5, 5.41) is 8.92. The molecule has 110 valence electrons. The Kier molecular flexibility index (Phi) is 4.26. The minimum atomic E-state index is -3.81. The summed E-state index contributed by atoms with van der Waals surface area (Å²) in [7, 11) is -2.42. The van der Waals surface area contributed by atoms with Crippen LogP contribution in [0.1, 0.15) is 0 Å². The Morgan fingerprint density at radius 3 is 2.80 bits per heavy atom. The van der Waals surface area contributed by atoms with Gasteiger partial charge in [0.25, 0.3) is 0 Å². The van der Waals surface area contributed by atoms with Crippen LogP contribution in [-0.2, 0) is 19.6 Å². The largest absolute Gasteiger partial charge is 0.495 e. The average Bonchev–Trinajstić information content (AvgIpc) is 2.47. The minimum absolute atomic E-state index is 0.0218. The number of para-hydroxylation sites is 1. The van der Waals surface area contributed by atoms with E-state index in [2.05, 4.69) is 0 Å². The van der Waals surface area contributed by atoms with Gasteiger partial charge in [0, 0.05) is 6.54 Å². The van der Waals surface area contributed by atoms with Crippen molar-refractivity contribution in [2.75, 3.05) is 26.8 Å². The van der Waals surface area contributed by atoms with Crippen molar-refractivity contribution in [2.45, 2.75) is 11.0 Å². The van der Waals surface area contributed by atoms with E-state index in [0.717, 1.165) is 4.31 Å². The molecule has 1 aromatic rings. The van der Waals surface area contributed by atoms with Crippen LogP contribution < -0.4 is 4.74 Å². The maximum atomic E-state index is 12.5. The van der Waals surface area contributed by atoms with E-state index >= 15 is 0 Å². The van der Waals surface area contributed by atoms with E-state index in [0.29, 0.717) is 0 Å². The first kappa shape index (κ1) is 14.8. The highest BCUT2D eigenvalue weighted by atomic mass is 32.2. The summed E-state index contributed by atoms with van der Waals surface area (Å²) >= 11 is 0. The fourth-order valence-electron chi connectivity index (χ4n) is 1.96. The molecule has 1 N–H and O–H groups in total. The van der Waals surface area contributed by atoms with Crippen LogP contribution in [0.5, 0.6) is 5.75 Å². The number of morpholine rings is 1. The van der Waals surface area contributed by atoms with Crippen molar-refractivity contribution in [1.82, 2.24) is 4.31 Å².